The van der Waals surface area contributed by atoms with E-state index < -0.39 is 0 Å². The second kappa shape index (κ2) is 5.35. The lowest BCUT2D eigenvalue weighted by Gasteiger charge is -2.07. The van der Waals surface area contributed by atoms with Crippen molar-refractivity contribution in [2.45, 2.75) is 19.9 Å². The molecule has 1 amide bonds. The summed E-state index contributed by atoms with van der Waals surface area (Å²) in [5, 5.41) is 16.3. The van der Waals surface area contributed by atoms with Crippen molar-refractivity contribution in [2.75, 3.05) is 5.32 Å². The highest BCUT2D eigenvalue weighted by atomic mass is 16.3. The average Bonchev–Trinajstić information content (AvgIpc) is 2.75. The molecule has 0 aliphatic rings. The molecule has 0 radical (unpaired) electrons. The molecule has 0 atom stereocenters. The van der Waals surface area contributed by atoms with Crippen LogP contribution < -0.4 is 5.32 Å². The lowest BCUT2D eigenvalue weighted by atomic mass is 10.3. The molecule has 0 bridgehead atoms. The predicted octanol–water partition coefficient (Wildman–Crippen LogP) is 1.93. The van der Waals surface area contributed by atoms with Gasteiger partial charge in [-0.1, -0.05) is 12.1 Å². The zero-order chi connectivity index (χ0) is 13.0. The topological polar surface area (TPSA) is 67.2 Å². The fourth-order valence-electron chi connectivity index (χ4n) is 1.63. The zero-order valence-electron chi connectivity index (χ0n) is 10.1. The lowest BCUT2D eigenvalue weighted by Crippen LogP contribution is -2.15. The maximum absolute atomic E-state index is 11.7. The monoisotopic (exact) mass is 245 g/mol. The summed E-state index contributed by atoms with van der Waals surface area (Å²) in [5.74, 6) is -0.0764. The van der Waals surface area contributed by atoms with Crippen LogP contribution >= 0.6 is 0 Å². The van der Waals surface area contributed by atoms with E-state index in [0.717, 1.165) is 5.69 Å². The van der Waals surface area contributed by atoms with E-state index in [-0.39, 0.29) is 11.7 Å². The molecule has 0 spiro atoms. The van der Waals surface area contributed by atoms with E-state index in [2.05, 4.69) is 10.4 Å². The fourth-order valence-corrected chi connectivity index (χ4v) is 1.63. The smallest absolute Gasteiger partial charge is 0.226 e. The Hall–Kier alpha value is -2.30. The van der Waals surface area contributed by atoms with Gasteiger partial charge >= 0.3 is 0 Å². The zero-order valence-corrected chi connectivity index (χ0v) is 10.1. The number of amides is 1. The molecule has 94 valence electrons. The van der Waals surface area contributed by atoms with E-state index >= 15 is 0 Å². The minimum Gasteiger partial charge on any atom is -0.506 e. The largest absolute Gasteiger partial charge is 0.506 e. The lowest BCUT2D eigenvalue weighted by molar-refractivity contribution is -0.116. The maximum Gasteiger partial charge on any atom is 0.226 e. The van der Waals surface area contributed by atoms with Crippen LogP contribution in [0.1, 0.15) is 12.1 Å². The molecular formula is C13H15N3O2. The van der Waals surface area contributed by atoms with E-state index in [1.807, 2.05) is 13.0 Å². The number of rotatable bonds is 4. The van der Waals surface area contributed by atoms with Gasteiger partial charge in [0.15, 0.2) is 0 Å². The molecule has 0 fully saturated rings. The van der Waals surface area contributed by atoms with Crippen molar-refractivity contribution >= 4 is 11.6 Å². The third-order valence-electron chi connectivity index (χ3n) is 2.66. The second-order valence-electron chi connectivity index (χ2n) is 4.01. The van der Waals surface area contributed by atoms with E-state index in [0.29, 0.717) is 18.7 Å². The first-order chi connectivity index (χ1) is 8.66. The molecule has 5 heteroatoms. The van der Waals surface area contributed by atoms with E-state index in [9.17, 15) is 9.90 Å². The first-order valence-corrected chi connectivity index (χ1v) is 5.73. The Balaban J connectivity index is 1.90. The highest BCUT2D eigenvalue weighted by Crippen LogP contribution is 2.21. The Morgan fingerprint density at radius 1 is 1.39 bits per heavy atom. The number of carbonyl (C=O) groups excluding carboxylic acids is 1. The first kappa shape index (κ1) is 12.2. The van der Waals surface area contributed by atoms with Gasteiger partial charge in [-0.05, 0) is 25.1 Å². The molecule has 0 saturated heterocycles. The highest BCUT2D eigenvalue weighted by molar-refractivity contribution is 5.92. The quantitative estimate of drug-likeness (QED) is 0.809. The number of hydrogen-bond donors (Lipinski definition) is 2. The van der Waals surface area contributed by atoms with Gasteiger partial charge < -0.3 is 10.4 Å². The van der Waals surface area contributed by atoms with Gasteiger partial charge in [0.2, 0.25) is 5.91 Å². The molecule has 18 heavy (non-hydrogen) atoms. The van der Waals surface area contributed by atoms with Crippen LogP contribution in [0.2, 0.25) is 0 Å². The Bertz CT molecular complexity index is 549. The third kappa shape index (κ3) is 2.88. The summed E-state index contributed by atoms with van der Waals surface area (Å²) >= 11 is 0. The summed E-state index contributed by atoms with van der Waals surface area (Å²) in [6.07, 6.45) is 2.02. The van der Waals surface area contributed by atoms with Crippen LogP contribution in [-0.2, 0) is 11.3 Å². The van der Waals surface area contributed by atoms with Crippen molar-refractivity contribution in [1.82, 2.24) is 9.78 Å². The van der Waals surface area contributed by atoms with Crippen molar-refractivity contribution in [3.05, 3.63) is 42.2 Å². The number of carbonyl (C=O) groups is 1. The van der Waals surface area contributed by atoms with Gasteiger partial charge in [-0.3, -0.25) is 9.48 Å². The van der Waals surface area contributed by atoms with Gasteiger partial charge in [-0.2, -0.15) is 5.10 Å². The number of aryl methyl sites for hydroxylation is 2. The Morgan fingerprint density at radius 3 is 2.83 bits per heavy atom. The van der Waals surface area contributed by atoms with Gasteiger partial charge in [0.05, 0.1) is 5.69 Å². The number of nitrogens with one attached hydrogen (secondary N) is 1. The molecular weight excluding hydrogens is 230 g/mol. The first-order valence-electron chi connectivity index (χ1n) is 5.73. The summed E-state index contributed by atoms with van der Waals surface area (Å²) in [7, 11) is 0. The molecule has 0 aliphatic carbocycles. The van der Waals surface area contributed by atoms with Gasteiger partial charge in [0.1, 0.15) is 5.75 Å². The molecule has 1 heterocycles. The summed E-state index contributed by atoms with van der Waals surface area (Å²) in [6, 6.07) is 8.55. The molecule has 0 unspecified atom stereocenters. The van der Waals surface area contributed by atoms with Crippen LogP contribution in [0.25, 0.3) is 0 Å². The SMILES string of the molecule is Cc1ccnn1CCC(=O)Nc1ccccc1O. The van der Waals surface area contributed by atoms with Crippen molar-refractivity contribution in [1.29, 1.82) is 0 Å². The summed E-state index contributed by atoms with van der Waals surface area (Å²) in [6.45, 7) is 2.46. The molecule has 1 aromatic heterocycles. The van der Waals surface area contributed by atoms with Crippen LogP contribution in [-0.4, -0.2) is 20.8 Å². The Morgan fingerprint density at radius 2 is 2.17 bits per heavy atom. The summed E-state index contributed by atoms with van der Waals surface area (Å²) in [5.41, 5.74) is 1.45. The molecule has 5 nitrogen and oxygen atoms in total. The van der Waals surface area contributed by atoms with Crippen LogP contribution in [0.5, 0.6) is 5.75 Å². The maximum atomic E-state index is 11.7. The van der Waals surface area contributed by atoms with Crippen molar-refractivity contribution in [2.24, 2.45) is 0 Å². The van der Waals surface area contributed by atoms with Crippen molar-refractivity contribution in [3.63, 3.8) is 0 Å². The number of benzene rings is 1. The van der Waals surface area contributed by atoms with E-state index in [1.54, 1.807) is 29.1 Å². The molecule has 0 saturated carbocycles. The number of phenolic OH excluding ortho intramolecular Hbond substituents is 1. The van der Waals surface area contributed by atoms with Gasteiger partial charge in [0, 0.05) is 24.9 Å². The predicted molar refractivity (Wildman–Crippen MR) is 68.3 cm³/mol. The molecule has 0 aliphatic heterocycles. The second-order valence-corrected chi connectivity index (χ2v) is 4.01. The highest BCUT2D eigenvalue weighted by Gasteiger charge is 2.06. The summed E-state index contributed by atoms with van der Waals surface area (Å²) < 4.78 is 1.77. The Labute approximate surface area is 105 Å². The van der Waals surface area contributed by atoms with Crippen molar-refractivity contribution in [3.8, 4) is 5.75 Å². The van der Waals surface area contributed by atoms with Gasteiger partial charge in [0.25, 0.3) is 0 Å². The van der Waals surface area contributed by atoms with Gasteiger partial charge in [-0.15, -0.1) is 0 Å². The number of nitrogens with zero attached hydrogens (tertiary/aromatic N) is 2. The van der Waals surface area contributed by atoms with Crippen LogP contribution in [0, 0.1) is 6.92 Å². The normalized spacial score (nSPS) is 10.3. The summed E-state index contributed by atoms with van der Waals surface area (Å²) in [4.78, 5) is 11.7. The number of anilines is 1. The standard InChI is InChI=1S/C13H15N3O2/c1-10-6-8-14-16(10)9-7-13(18)15-11-4-2-3-5-12(11)17/h2-6,8,17H,7,9H2,1H3,(H,15,18). The third-order valence-corrected chi connectivity index (χ3v) is 2.66. The van der Waals surface area contributed by atoms with E-state index in [1.165, 1.54) is 6.07 Å². The number of para-hydroxylation sites is 2. The Kier molecular flexibility index (Phi) is 3.62. The number of aromatic nitrogens is 2. The number of aromatic hydroxyl groups is 1. The molecule has 2 N–H and O–H groups in total. The number of hydrogen-bond acceptors (Lipinski definition) is 3. The minimum atomic E-state index is -0.147. The average molecular weight is 245 g/mol. The molecule has 2 aromatic rings. The molecule has 1 aromatic carbocycles. The van der Waals surface area contributed by atoms with Crippen LogP contribution in [0.15, 0.2) is 36.5 Å². The fraction of sp³-hybridized carbons (Fsp3) is 0.231. The van der Waals surface area contributed by atoms with Crippen LogP contribution in [0.3, 0.4) is 0 Å². The minimum absolute atomic E-state index is 0.0705. The van der Waals surface area contributed by atoms with Gasteiger partial charge in [-0.25, -0.2) is 0 Å². The molecule has 2 rings (SSSR count). The van der Waals surface area contributed by atoms with E-state index in [4.69, 9.17) is 0 Å². The van der Waals surface area contributed by atoms with Crippen LogP contribution in [0.4, 0.5) is 5.69 Å². The van der Waals surface area contributed by atoms with Crippen molar-refractivity contribution < 1.29 is 9.90 Å². The number of phenols is 1.